The molecular formula is C11H16N2O. The van der Waals surface area contributed by atoms with Gasteiger partial charge in [-0.2, -0.15) is 0 Å². The predicted molar refractivity (Wildman–Crippen MR) is 54.1 cm³/mol. The molecule has 0 N–H and O–H groups in total. The highest BCUT2D eigenvalue weighted by Crippen LogP contribution is 2.37. The molecule has 0 unspecified atom stereocenters. The second kappa shape index (κ2) is 3.95. The lowest BCUT2D eigenvalue weighted by Gasteiger charge is -2.22. The van der Waals surface area contributed by atoms with Crippen LogP contribution in [0.5, 0.6) is 6.01 Å². The van der Waals surface area contributed by atoms with Crippen LogP contribution >= 0.6 is 0 Å². The van der Waals surface area contributed by atoms with Crippen molar-refractivity contribution in [3.05, 3.63) is 18.5 Å². The Morgan fingerprint density at radius 3 is 2.57 bits per heavy atom. The average Bonchev–Trinajstić information content (AvgIpc) is 2.65. The van der Waals surface area contributed by atoms with Crippen molar-refractivity contribution in [1.82, 2.24) is 9.97 Å². The van der Waals surface area contributed by atoms with Crippen molar-refractivity contribution >= 4 is 0 Å². The number of hydrogen-bond acceptors (Lipinski definition) is 3. The second-order valence-electron chi connectivity index (χ2n) is 4.34. The molecule has 1 fully saturated rings. The maximum absolute atomic E-state index is 5.57. The minimum atomic E-state index is 0.346. The third-order valence-electron chi connectivity index (χ3n) is 2.90. The zero-order valence-electron chi connectivity index (χ0n) is 8.57. The van der Waals surface area contributed by atoms with E-state index in [0.717, 1.165) is 6.61 Å². The van der Waals surface area contributed by atoms with Gasteiger partial charge in [0.15, 0.2) is 0 Å². The molecule has 0 radical (unpaired) electrons. The highest BCUT2D eigenvalue weighted by Gasteiger charge is 2.29. The van der Waals surface area contributed by atoms with Crippen molar-refractivity contribution in [2.24, 2.45) is 5.41 Å². The quantitative estimate of drug-likeness (QED) is 0.737. The van der Waals surface area contributed by atoms with Crippen LogP contribution in [-0.4, -0.2) is 16.6 Å². The van der Waals surface area contributed by atoms with E-state index in [-0.39, 0.29) is 0 Å². The third kappa shape index (κ3) is 2.22. The molecule has 1 aliphatic carbocycles. The fourth-order valence-electron chi connectivity index (χ4n) is 1.97. The molecule has 3 heteroatoms. The van der Waals surface area contributed by atoms with Crippen LogP contribution in [-0.2, 0) is 0 Å². The van der Waals surface area contributed by atoms with Gasteiger partial charge in [-0.1, -0.05) is 19.8 Å². The van der Waals surface area contributed by atoms with Gasteiger partial charge in [0.05, 0.1) is 6.61 Å². The van der Waals surface area contributed by atoms with Crippen LogP contribution in [0.2, 0.25) is 0 Å². The summed E-state index contributed by atoms with van der Waals surface area (Å²) in [5.41, 5.74) is 0.346. The summed E-state index contributed by atoms with van der Waals surface area (Å²) in [6.45, 7) is 3.03. The largest absolute Gasteiger partial charge is 0.463 e. The van der Waals surface area contributed by atoms with Gasteiger partial charge >= 0.3 is 6.01 Å². The average molecular weight is 192 g/mol. The molecule has 0 saturated heterocycles. The number of nitrogens with zero attached hydrogens (tertiary/aromatic N) is 2. The summed E-state index contributed by atoms with van der Waals surface area (Å²) in [6.07, 6.45) is 8.60. The van der Waals surface area contributed by atoms with Crippen molar-refractivity contribution in [2.75, 3.05) is 6.61 Å². The first-order valence-electron chi connectivity index (χ1n) is 5.18. The third-order valence-corrected chi connectivity index (χ3v) is 2.90. The fraction of sp³-hybridized carbons (Fsp3) is 0.636. The van der Waals surface area contributed by atoms with E-state index >= 15 is 0 Å². The molecule has 0 atom stereocenters. The second-order valence-corrected chi connectivity index (χ2v) is 4.34. The van der Waals surface area contributed by atoms with Gasteiger partial charge in [-0.25, -0.2) is 9.97 Å². The Hall–Kier alpha value is -1.12. The Bertz CT molecular complexity index is 281. The van der Waals surface area contributed by atoms with Crippen molar-refractivity contribution in [3.8, 4) is 6.01 Å². The molecule has 0 amide bonds. The van der Waals surface area contributed by atoms with Crippen molar-refractivity contribution in [1.29, 1.82) is 0 Å². The van der Waals surface area contributed by atoms with Gasteiger partial charge in [0.2, 0.25) is 0 Å². The Kier molecular flexibility index (Phi) is 2.66. The minimum absolute atomic E-state index is 0.346. The van der Waals surface area contributed by atoms with E-state index in [0.29, 0.717) is 11.4 Å². The lowest BCUT2D eigenvalue weighted by molar-refractivity contribution is 0.157. The van der Waals surface area contributed by atoms with Gasteiger partial charge in [0.25, 0.3) is 0 Å². The summed E-state index contributed by atoms with van der Waals surface area (Å²) in [7, 11) is 0. The van der Waals surface area contributed by atoms with E-state index in [1.54, 1.807) is 18.5 Å². The zero-order valence-corrected chi connectivity index (χ0v) is 8.57. The topological polar surface area (TPSA) is 35.0 Å². The number of hydrogen-bond donors (Lipinski definition) is 0. The van der Waals surface area contributed by atoms with Gasteiger partial charge in [0.1, 0.15) is 0 Å². The lowest BCUT2D eigenvalue weighted by Crippen LogP contribution is -2.21. The van der Waals surface area contributed by atoms with Gasteiger partial charge in [-0.05, 0) is 18.9 Å². The molecule has 76 valence electrons. The molecule has 0 aromatic carbocycles. The number of aromatic nitrogens is 2. The maximum atomic E-state index is 5.57. The molecule has 3 nitrogen and oxygen atoms in total. The lowest BCUT2D eigenvalue weighted by atomic mass is 9.90. The molecule has 1 saturated carbocycles. The molecule has 14 heavy (non-hydrogen) atoms. The smallest absolute Gasteiger partial charge is 0.316 e. The Labute approximate surface area is 84.5 Å². The van der Waals surface area contributed by atoms with Crippen LogP contribution in [0.3, 0.4) is 0 Å². The van der Waals surface area contributed by atoms with E-state index in [4.69, 9.17) is 4.74 Å². The van der Waals surface area contributed by atoms with Crippen LogP contribution < -0.4 is 4.74 Å². The van der Waals surface area contributed by atoms with E-state index < -0.39 is 0 Å². The predicted octanol–water partition coefficient (Wildman–Crippen LogP) is 2.44. The molecule has 1 heterocycles. The molecule has 0 spiro atoms. The van der Waals surface area contributed by atoms with Crippen LogP contribution in [0.15, 0.2) is 18.5 Å². The van der Waals surface area contributed by atoms with E-state index in [1.807, 2.05) is 0 Å². The van der Waals surface area contributed by atoms with Crippen LogP contribution in [0.1, 0.15) is 32.6 Å². The number of ether oxygens (including phenoxy) is 1. The van der Waals surface area contributed by atoms with Crippen molar-refractivity contribution < 1.29 is 4.74 Å². The highest BCUT2D eigenvalue weighted by atomic mass is 16.5. The molecule has 1 aliphatic rings. The molecule has 2 rings (SSSR count). The summed E-state index contributed by atoms with van der Waals surface area (Å²) in [5.74, 6) is 0. The standard InChI is InChI=1S/C11H16N2O/c1-11(5-2-3-6-11)9-14-10-12-7-4-8-13-10/h4,7-8H,2-3,5-6,9H2,1H3. The Morgan fingerprint density at radius 2 is 1.93 bits per heavy atom. The minimum Gasteiger partial charge on any atom is -0.463 e. The monoisotopic (exact) mass is 192 g/mol. The van der Waals surface area contributed by atoms with Gasteiger partial charge < -0.3 is 4.74 Å². The Balaban J connectivity index is 1.88. The first-order valence-corrected chi connectivity index (χ1v) is 5.18. The molecule has 1 aromatic rings. The molecule has 1 aromatic heterocycles. The molecular weight excluding hydrogens is 176 g/mol. The van der Waals surface area contributed by atoms with Crippen molar-refractivity contribution in [3.63, 3.8) is 0 Å². The molecule has 0 aliphatic heterocycles. The van der Waals surface area contributed by atoms with E-state index in [9.17, 15) is 0 Å². The van der Waals surface area contributed by atoms with E-state index in [1.165, 1.54) is 25.7 Å². The summed E-state index contributed by atoms with van der Waals surface area (Å²) in [4.78, 5) is 8.07. The SMILES string of the molecule is CC1(COc2ncccn2)CCCC1. The highest BCUT2D eigenvalue weighted by molar-refractivity contribution is 4.94. The summed E-state index contributed by atoms with van der Waals surface area (Å²) >= 11 is 0. The first kappa shape index (κ1) is 9.44. The van der Waals surface area contributed by atoms with Gasteiger partial charge in [-0.15, -0.1) is 0 Å². The van der Waals surface area contributed by atoms with Gasteiger partial charge in [0, 0.05) is 17.8 Å². The van der Waals surface area contributed by atoms with Crippen LogP contribution in [0.4, 0.5) is 0 Å². The first-order chi connectivity index (χ1) is 6.79. The van der Waals surface area contributed by atoms with Gasteiger partial charge in [-0.3, -0.25) is 0 Å². The maximum Gasteiger partial charge on any atom is 0.316 e. The van der Waals surface area contributed by atoms with Crippen LogP contribution in [0.25, 0.3) is 0 Å². The number of rotatable bonds is 3. The van der Waals surface area contributed by atoms with Crippen LogP contribution in [0, 0.1) is 5.41 Å². The fourth-order valence-corrected chi connectivity index (χ4v) is 1.97. The molecule has 0 bridgehead atoms. The zero-order chi connectivity index (χ0) is 9.86. The van der Waals surface area contributed by atoms with E-state index in [2.05, 4.69) is 16.9 Å². The summed E-state index contributed by atoms with van der Waals surface area (Å²) in [6, 6.07) is 2.30. The summed E-state index contributed by atoms with van der Waals surface area (Å²) < 4.78 is 5.57. The normalized spacial score (nSPS) is 19.5. The summed E-state index contributed by atoms with van der Waals surface area (Å²) in [5, 5.41) is 0. The Morgan fingerprint density at radius 1 is 1.29 bits per heavy atom. The van der Waals surface area contributed by atoms with Crippen molar-refractivity contribution in [2.45, 2.75) is 32.6 Å².